The smallest absolute Gasteiger partial charge is 0.163 e. The molecule has 0 aliphatic rings. The monoisotopic (exact) mass is 238 g/mol. The van der Waals surface area contributed by atoms with Crippen molar-refractivity contribution in [3.63, 3.8) is 0 Å². The molecule has 0 bridgehead atoms. The maximum Gasteiger partial charge on any atom is 0.163 e. The first-order valence-electron chi connectivity index (χ1n) is 5.12. The van der Waals surface area contributed by atoms with Crippen LogP contribution in [0.5, 0.6) is 5.75 Å². The highest BCUT2D eigenvalue weighted by Gasteiger charge is 2.16. The molecule has 0 amide bonds. The molecule has 2 nitrogen and oxygen atoms in total. The second-order valence-corrected chi connectivity index (χ2v) is 3.87. The van der Waals surface area contributed by atoms with E-state index in [4.69, 9.17) is 16.3 Å². The van der Waals surface area contributed by atoms with Crippen molar-refractivity contribution in [2.45, 2.75) is 20.8 Å². The zero-order valence-corrected chi connectivity index (χ0v) is 10.5. The van der Waals surface area contributed by atoms with Crippen molar-refractivity contribution < 1.29 is 9.53 Å². The molecule has 0 heterocycles. The maximum atomic E-state index is 11.5. The van der Waals surface area contributed by atoms with Gasteiger partial charge in [-0.1, -0.05) is 24.3 Å². The Bertz CT molecular complexity index is 436. The van der Waals surface area contributed by atoms with Gasteiger partial charge in [0.25, 0.3) is 0 Å². The first kappa shape index (κ1) is 12.8. The summed E-state index contributed by atoms with van der Waals surface area (Å²) in [5, 5.41) is 0.559. The Hall–Kier alpha value is -1.28. The second-order valence-electron chi connectivity index (χ2n) is 3.47. The fraction of sp³-hybridized carbons (Fsp3) is 0.308. The second kappa shape index (κ2) is 5.17. The minimum absolute atomic E-state index is 0.0616. The van der Waals surface area contributed by atoms with Gasteiger partial charge in [-0.3, -0.25) is 4.79 Å². The van der Waals surface area contributed by atoms with E-state index in [1.54, 1.807) is 12.1 Å². The van der Waals surface area contributed by atoms with Crippen LogP contribution in [0.25, 0.3) is 6.08 Å². The van der Waals surface area contributed by atoms with Crippen LogP contribution in [0.1, 0.15) is 35.3 Å². The van der Waals surface area contributed by atoms with Crippen LogP contribution in [0.4, 0.5) is 0 Å². The number of hydrogen-bond donors (Lipinski definition) is 0. The zero-order valence-electron chi connectivity index (χ0n) is 9.76. The van der Waals surface area contributed by atoms with Crippen molar-refractivity contribution >= 4 is 23.5 Å². The van der Waals surface area contributed by atoms with Gasteiger partial charge in [0.2, 0.25) is 0 Å². The summed E-state index contributed by atoms with van der Waals surface area (Å²) >= 11 is 6.06. The third-order valence-corrected chi connectivity index (χ3v) is 2.79. The van der Waals surface area contributed by atoms with Crippen molar-refractivity contribution in [1.82, 2.24) is 0 Å². The lowest BCUT2D eigenvalue weighted by Crippen LogP contribution is -2.04. The number of ketones is 1. The van der Waals surface area contributed by atoms with E-state index in [0.717, 1.165) is 11.1 Å². The summed E-state index contributed by atoms with van der Waals surface area (Å²) in [5.41, 5.74) is 2.18. The Balaban J connectivity index is 3.55. The van der Waals surface area contributed by atoms with E-state index in [0.29, 0.717) is 22.9 Å². The SMILES string of the molecule is C=Cc1c(C)c(Cl)cc(C(C)=O)c1OCC. The normalized spacial score (nSPS) is 10.0. The van der Waals surface area contributed by atoms with Crippen molar-refractivity contribution in [1.29, 1.82) is 0 Å². The van der Waals surface area contributed by atoms with Crippen LogP contribution >= 0.6 is 11.6 Å². The molecule has 3 heteroatoms. The fourth-order valence-corrected chi connectivity index (χ4v) is 1.76. The van der Waals surface area contributed by atoms with Gasteiger partial charge >= 0.3 is 0 Å². The average Bonchev–Trinajstić information content (AvgIpc) is 2.23. The standard InChI is InChI=1S/C13H15ClO2/c1-5-10-8(3)12(14)7-11(9(4)15)13(10)16-6-2/h5,7H,1,6H2,2-4H3. The van der Waals surface area contributed by atoms with Gasteiger partial charge in [0.15, 0.2) is 5.78 Å². The number of ether oxygens (including phenoxy) is 1. The van der Waals surface area contributed by atoms with Gasteiger partial charge in [-0.2, -0.15) is 0 Å². The molecule has 0 atom stereocenters. The molecule has 1 aromatic carbocycles. The van der Waals surface area contributed by atoms with Gasteiger partial charge in [0.05, 0.1) is 12.2 Å². The highest BCUT2D eigenvalue weighted by Crippen LogP contribution is 2.33. The average molecular weight is 239 g/mol. The third-order valence-electron chi connectivity index (χ3n) is 2.39. The van der Waals surface area contributed by atoms with Gasteiger partial charge in [-0.15, -0.1) is 0 Å². The molecular formula is C13H15ClO2. The number of carbonyl (C=O) groups is 1. The molecule has 0 spiro atoms. The molecular weight excluding hydrogens is 224 g/mol. The Morgan fingerprint density at radius 3 is 2.69 bits per heavy atom. The van der Waals surface area contributed by atoms with Gasteiger partial charge in [-0.25, -0.2) is 0 Å². The molecule has 1 rings (SSSR count). The lowest BCUT2D eigenvalue weighted by Gasteiger charge is -2.15. The molecule has 86 valence electrons. The van der Waals surface area contributed by atoms with Crippen molar-refractivity contribution in [3.05, 3.63) is 34.4 Å². The Labute approximate surface area is 101 Å². The predicted molar refractivity (Wildman–Crippen MR) is 67.5 cm³/mol. The highest BCUT2D eigenvalue weighted by atomic mass is 35.5. The molecule has 0 aliphatic carbocycles. The Morgan fingerprint density at radius 1 is 1.62 bits per heavy atom. The first-order valence-corrected chi connectivity index (χ1v) is 5.50. The molecule has 0 N–H and O–H groups in total. The number of hydrogen-bond acceptors (Lipinski definition) is 2. The van der Waals surface area contributed by atoms with Crippen LogP contribution in [-0.4, -0.2) is 12.4 Å². The highest BCUT2D eigenvalue weighted by molar-refractivity contribution is 6.32. The summed E-state index contributed by atoms with van der Waals surface area (Å²) in [7, 11) is 0. The quantitative estimate of drug-likeness (QED) is 0.744. The molecule has 0 aromatic heterocycles. The number of carbonyl (C=O) groups excluding carboxylic acids is 1. The van der Waals surface area contributed by atoms with E-state index in [1.165, 1.54) is 6.92 Å². The van der Waals surface area contributed by atoms with Crippen molar-refractivity contribution in [2.75, 3.05) is 6.61 Å². The Kier molecular flexibility index (Phi) is 4.13. The lowest BCUT2D eigenvalue weighted by atomic mass is 10.0. The summed E-state index contributed by atoms with van der Waals surface area (Å²) in [6.07, 6.45) is 1.67. The number of Topliss-reactive ketones (excluding diaryl/α,β-unsaturated/α-hetero) is 1. The molecule has 0 saturated carbocycles. The maximum absolute atomic E-state index is 11.5. The lowest BCUT2D eigenvalue weighted by molar-refractivity contribution is 0.101. The van der Waals surface area contributed by atoms with Crippen molar-refractivity contribution in [3.8, 4) is 5.75 Å². The summed E-state index contributed by atoms with van der Waals surface area (Å²) in [5.74, 6) is 0.514. The summed E-state index contributed by atoms with van der Waals surface area (Å²) in [6, 6.07) is 1.65. The van der Waals surface area contributed by atoms with Crippen LogP contribution < -0.4 is 4.74 Å². The van der Waals surface area contributed by atoms with E-state index in [9.17, 15) is 4.79 Å². The van der Waals surface area contributed by atoms with Crippen LogP contribution in [0.3, 0.4) is 0 Å². The molecule has 0 unspecified atom stereocenters. The van der Waals surface area contributed by atoms with Gasteiger partial charge < -0.3 is 4.74 Å². The molecule has 0 fully saturated rings. The number of benzene rings is 1. The molecule has 0 radical (unpaired) electrons. The van der Waals surface area contributed by atoms with E-state index in [2.05, 4.69) is 6.58 Å². The van der Waals surface area contributed by atoms with E-state index in [1.807, 2.05) is 13.8 Å². The first-order chi connectivity index (χ1) is 7.52. The van der Waals surface area contributed by atoms with Gasteiger partial charge in [-0.05, 0) is 32.4 Å². The summed E-state index contributed by atoms with van der Waals surface area (Å²) < 4.78 is 5.51. The van der Waals surface area contributed by atoms with Crippen LogP contribution in [-0.2, 0) is 0 Å². The van der Waals surface area contributed by atoms with Crippen LogP contribution in [0.2, 0.25) is 5.02 Å². The van der Waals surface area contributed by atoms with Crippen LogP contribution in [0.15, 0.2) is 12.6 Å². The van der Waals surface area contributed by atoms with Gasteiger partial charge in [0, 0.05) is 10.6 Å². The predicted octanol–water partition coefficient (Wildman–Crippen LogP) is 3.89. The number of rotatable bonds is 4. The Morgan fingerprint density at radius 2 is 2.25 bits per heavy atom. The summed E-state index contributed by atoms with van der Waals surface area (Å²) in [4.78, 5) is 11.5. The minimum Gasteiger partial charge on any atom is -0.492 e. The van der Waals surface area contributed by atoms with Gasteiger partial charge in [0.1, 0.15) is 5.75 Å². The number of halogens is 1. The summed E-state index contributed by atoms with van der Waals surface area (Å²) in [6.45, 7) is 9.48. The minimum atomic E-state index is -0.0616. The van der Waals surface area contributed by atoms with Crippen molar-refractivity contribution in [2.24, 2.45) is 0 Å². The molecule has 16 heavy (non-hydrogen) atoms. The molecule has 0 aliphatic heterocycles. The third kappa shape index (κ3) is 2.27. The van der Waals surface area contributed by atoms with E-state index < -0.39 is 0 Å². The largest absolute Gasteiger partial charge is 0.492 e. The molecule has 1 aromatic rings. The zero-order chi connectivity index (χ0) is 12.3. The molecule has 0 saturated heterocycles. The van der Waals surface area contributed by atoms with E-state index >= 15 is 0 Å². The van der Waals surface area contributed by atoms with Crippen LogP contribution in [0, 0.1) is 6.92 Å². The van der Waals surface area contributed by atoms with E-state index in [-0.39, 0.29) is 5.78 Å². The topological polar surface area (TPSA) is 26.3 Å². The fourth-order valence-electron chi connectivity index (χ4n) is 1.55.